The third-order valence-electron chi connectivity index (χ3n) is 2.63. The number of nitrogens with two attached hydrogens (primary N) is 1. The Labute approximate surface area is 97.2 Å². The number of aryl methyl sites for hydroxylation is 1. The first-order valence-electron chi connectivity index (χ1n) is 5.14. The molecule has 3 aromatic rings. The molecule has 0 aliphatic rings. The van der Waals surface area contributed by atoms with Crippen LogP contribution in [0.2, 0.25) is 0 Å². The standard InChI is InChI=1S/C11H10N6/c1-7-2-4-13-6-8(7)10-16-15-9-3-5-14-11(12)17(9)10/h2-6H,1H3,(H2,12,14). The number of hydrogen-bond donors (Lipinski definition) is 1. The lowest BCUT2D eigenvalue weighted by Gasteiger charge is -2.04. The molecule has 17 heavy (non-hydrogen) atoms. The summed E-state index contributed by atoms with van der Waals surface area (Å²) in [6.45, 7) is 1.99. The quantitative estimate of drug-likeness (QED) is 0.671. The van der Waals surface area contributed by atoms with Gasteiger partial charge in [0, 0.05) is 30.2 Å². The summed E-state index contributed by atoms with van der Waals surface area (Å²) in [4.78, 5) is 8.13. The second-order valence-corrected chi connectivity index (χ2v) is 3.71. The van der Waals surface area contributed by atoms with Crippen molar-refractivity contribution in [2.75, 3.05) is 5.73 Å². The van der Waals surface area contributed by atoms with E-state index in [4.69, 9.17) is 5.73 Å². The number of fused-ring (bicyclic) bond motifs is 1. The van der Waals surface area contributed by atoms with Crippen LogP contribution in [-0.4, -0.2) is 24.6 Å². The first-order chi connectivity index (χ1) is 8.27. The van der Waals surface area contributed by atoms with E-state index < -0.39 is 0 Å². The largest absolute Gasteiger partial charge is 0.369 e. The van der Waals surface area contributed by atoms with Crippen molar-refractivity contribution >= 4 is 11.6 Å². The molecular formula is C11H10N6. The second-order valence-electron chi connectivity index (χ2n) is 3.71. The molecule has 0 amide bonds. The molecule has 0 aliphatic carbocycles. The van der Waals surface area contributed by atoms with Gasteiger partial charge in [0.1, 0.15) is 0 Å². The molecule has 6 nitrogen and oxygen atoms in total. The predicted molar refractivity (Wildman–Crippen MR) is 63.2 cm³/mol. The molecule has 0 radical (unpaired) electrons. The minimum atomic E-state index is 0.366. The van der Waals surface area contributed by atoms with Crippen molar-refractivity contribution in [3.63, 3.8) is 0 Å². The molecule has 84 valence electrons. The third kappa shape index (κ3) is 1.42. The first kappa shape index (κ1) is 9.71. The lowest BCUT2D eigenvalue weighted by atomic mass is 10.1. The Hall–Kier alpha value is -2.50. The highest BCUT2D eigenvalue weighted by Crippen LogP contribution is 2.22. The molecule has 3 aromatic heterocycles. The SMILES string of the molecule is Cc1ccncc1-c1nnc2ccnc(N)n12. The average Bonchev–Trinajstić information content (AvgIpc) is 2.75. The number of rotatable bonds is 1. The van der Waals surface area contributed by atoms with Crippen LogP contribution in [-0.2, 0) is 0 Å². The minimum Gasteiger partial charge on any atom is -0.369 e. The Morgan fingerprint density at radius 1 is 1.18 bits per heavy atom. The zero-order valence-electron chi connectivity index (χ0n) is 9.20. The van der Waals surface area contributed by atoms with Crippen LogP contribution >= 0.6 is 0 Å². The average molecular weight is 226 g/mol. The van der Waals surface area contributed by atoms with E-state index in [-0.39, 0.29) is 0 Å². The van der Waals surface area contributed by atoms with Crippen molar-refractivity contribution in [2.45, 2.75) is 6.92 Å². The number of nitrogen functional groups attached to an aromatic ring is 1. The molecule has 0 spiro atoms. The topological polar surface area (TPSA) is 82.0 Å². The number of aromatic nitrogens is 5. The molecule has 2 N–H and O–H groups in total. The summed E-state index contributed by atoms with van der Waals surface area (Å²) in [7, 11) is 0. The lowest BCUT2D eigenvalue weighted by Crippen LogP contribution is -2.01. The van der Waals surface area contributed by atoms with Gasteiger partial charge in [-0.3, -0.25) is 4.98 Å². The highest BCUT2D eigenvalue weighted by molar-refractivity contribution is 5.63. The van der Waals surface area contributed by atoms with Crippen molar-refractivity contribution in [1.29, 1.82) is 0 Å². The molecule has 0 fully saturated rings. The summed E-state index contributed by atoms with van der Waals surface area (Å²) in [6.07, 6.45) is 5.10. The van der Waals surface area contributed by atoms with E-state index in [0.29, 0.717) is 17.4 Å². The summed E-state index contributed by atoms with van der Waals surface area (Å²) in [5.41, 5.74) is 8.49. The van der Waals surface area contributed by atoms with Gasteiger partial charge in [-0.25, -0.2) is 9.38 Å². The number of anilines is 1. The monoisotopic (exact) mass is 226 g/mol. The fraction of sp³-hybridized carbons (Fsp3) is 0.0909. The van der Waals surface area contributed by atoms with Gasteiger partial charge in [0.25, 0.3) is 0 Å². The smallest absolute Gasteiger partial charge is 0.207 e. The third-order valence-corrected chi connectivity index (χ3v) is 2.63. The van der Waals surface area contributed by atoms with E-state index in [2.05, 4.69) is 20.2 Å². The Morgan fingerprint density at radius 2 is 2.06 bits per heavy atom. The van der Waals surface area contributed by atoms with Gasteiger partial charge < -0.3 is 5.73 Å². The van der Waals surface area contributed by atoms with E-state index in [0.717, 1.165) is 11.1 Å². The van der Waals surface area contributed by atoms with Crippen LogP contribution in [0.1, 0.15) is 5.56 Å². The van der Waals surface area contributed by atoms with E-state index in [9.17, 15) is 0 Å². The molecular weight excluding hydrogens is 216 g/mol. The van der Waals surface area contributed by atoms with Crippen LogP contribution in [0.4, 0.5) is 5.95 Å². The predicted octanol–water partition coefficient (Wildman–Crippen LogP) is 1.08. The van der Waals surface area contributed by atoms with Crippen LogP contribution in [0.5, 0.6) is 0 Å². The Bertz CT molecular complexity index is 687. The van der Waals surface area contributed by atoms with E-state index in [1.807, 2.05) is 13.0 Å². The Morgan fingerprint density at radius 3 is 2.88 bits per heavy atom. The fourth-order valence-electron chi connectivity index (χ4n) is 1.74. The van der Waals surface area contributed by atoms with E-state index in [1.165, 1.54) is 0 Å². The van der Waals surface area contributed by atoms with Crippen molar-refractivity contribution in [1.82, 2.24) is 24.6 Å². The van der Waals surface area contributed by atoms with Gasteiger partial charge in [-0.2, -0.15) is 0 Å². The Kier molecular flexibility index (Phi) is 2.01. The lowest BCUT2D eigenvalue weighted by molar-refractivity contribution is 1.08. The molecule has 0 bridgehead atoms. The summed E-state index contributed by atoms with van der Waals surface area (Å²) < 4.78 is 1.71. The molecule has 0 atom stereocenters. The zero-order chi connectivity index (χ0) is 11.8. The van der Waals surface area contributed by atoms with Crippen LogP contribution < -0.4 is 5.73 Å². The van der Waals surface area contributed by atoms with Gasteiger partial charge >= 0.3 is 0 Å². The molecule has 3 heterocycles. The normalized spacial score (nSPS) is 10.9. The van der Waals surface area contributed by atoms with Crippen LogP contribution in [0.15, 0.2) is 30.7 Å². The van der Waals surface area contributed by atoms with Crippen LogP contribution in [0, 0.1) is 6.92 Å². The van der Waals surface area contributed by atoms with Crippen molar-refractivity contribution in [2.24, 2.45) is 0 Å². The number of nitrogens with zero attached hydrogens (tertiary/aromatic N) is 5. The number of pyridine rings is 1. The van der Waals surface area contributed by atoms with Crippen LogP contribution in [0.3, 0.4) is 0 Å². The van der Waals surface area contributed by atoms with Crippen molar-refractivity contribution < 1.29 is 0 Å². The van der Waals surface area contributed by atoms with E-state index in [1.54, 1.807) is 29.1 Å². The maximum absolute atomic E-state index is 5.84. The van der Waals surface area contributed by atoms with E-state index >= 15 is 0 Å². The zero-order valence-corrected chi connectivity index (χ0v) is 9.20. The number of hydrogen-bond acceptors (Lipinski definition) is 5. The molecule has 6 heteroatoms. The highest BCUT2D eigenvalue weighted by atomic mass is 15.3. The van der Waals surface area contributed by atoms with Crippen molar-refractivity contribution in [3.8, 4) is 11.4 Å². The molecule has 0 unspecified atom stereocenters. The second kappa shape index (κ2) is 3.51. The molecule has 0 saturated heterocycles. The van der Waals surface area contributed by atoms with Gasteiger partial charge in [0.15, 0.2) is 11.5 Å². The van der Waals surface area contributed by atoms with Gasteiger partial charge in [-0.15, -0.1) is 10.2 Å². The first-order valence-corrected chi connectivity index (χ1v) is 5.14. The summed E-state index contributed by atoms with van der Waals surface area (Å²) in [5, 5.41) is 8.20. The maximum atomic E-state index is 5.84. The van der Waals surface area contributed by atoms with Gasteiger partial charge in [-0.05, 0) is 18.6 Å². The maximum Gasteiger partial charge on any atom is 0.207 e. The molecule has 3 rings (SSSR count). The molecule has 0 saturated carbocycles. The van der Waals surface area contributed by atoms with Gasteiger partial charge in [-0.1, -0.05) is 0 Å². The summed E-state index contributed by atoms with van der Waals surface area (Å²) in [5.74, 6) is 1.03. The highest BCUT2D eigenvalue weighted by Gasteiger charge is 2.12. The summed E-state index contributed by atoms with van der Waals surface area (Å²) >= 11 is 0. The van der Waals surface area contributed by atoms with Gasteiger partial charge in [0.2, 0.25) is 5.95 Å². The van der Waals surface area contributed by atoms with Crippen molar-refractivity contribution in [3.05, 3.63) is 36.3 Å². The Balaban J connectivity index is 2.36. The fourth-order valence-corrected chi connectivity index (χ4v) is 1.74. The summed E-state index contributed by atoms with van der Waals surface area (Å²) in [6, 6.07) is 3.68. The molecule has 0 aliphatic heterocycles. The minimum absolute atomic E-state index is 0.366. The van der Waals surface area contributed by atoms with Crippen LogP contribution in [0.25, 0.3) is 17.0 Å². The van der Waals surface area contributed by atoms with Gasteiger partial charge in [0.05, 0.1) is 0 Å². The molecule has 0 aromatic carbocycles.